The Morgan fingerprint density at radius 3 is 2.67 bits per heavy atom. The number of amides is 1. The fourth-order valence-corrected chi connectivity index (χ4v) is 4.05. The van der Waals surface area contributed by atoms with Crippen molar-refractivity contribution in [3.05, 3.63) is 59.3 Å². The molecule has 0 aliphatic carbocycles. The Bertz CT molecular complexity index is 1080. The molecule has 7 heteroatoms. The highest BCUT2D eigenvalue weighted by Crippen LogP contribution is 2.45. The molecule has 156 valence electrons. The molecule has 1 aliphatic rings. The van der Waals surface area contributed by atoms with Crippen molar-refractivity contribution in [2.45, 2.75) is 32.2 Å². The number of aromatic nitrogens is 2. The van der Waals surface area contributed by atoms with Crippen molar-refractivity contribution in [3.63, 3.8) is 0 Å². The van der Waals surface area contributed by atoms with E-state index in [-0.39, 0.29) is 17.4 Å². The van der Waals surface area contributed by atoms with Crippen molar-refractivity contribution >= 4 is 5.91 Å². The molecule has 30 heavy (non-hydrogen) atoms. The van der Waals surface area contributed by atoms with Crippen molar-refractivity contribution in [2.75, 3.05) is 13.7 Å². The maximum Gasteiger partial charge on any atom is 0.273 e. The van der Waals surface area contributed by atoms with Gasteiger partial charge in [0.2, 0.25) is 0 Å². The van der Waals surface area contributed by atoms with Gasteiger partial charge in [0, 0.05) is 17.7 Å². The third kappa shape index (κ3) is 3.26. The van der Waals surface area contributed by atoms with Gasteiger partial charge in [0.25, 0.3) is 5.91 Å². The quantitative estimate of drug-likeness (QED) is 0.509. The first-order chi connectivity index (χ1) is 14.6. The van der Waals surface area contributed by atoms with Crippen LogP contribution in [0.3, 0.4) is 0 Å². The smallest absolute Gasteiger partial charge is 0.273 e. The van der Waals surface area contributed by atoms with Crippen LogP contribution in [-0.2, 0) is 0 Å². The summed E-state index contributed by atoms with van der Waals surface area (Å²) in [7, 11) is 1.49. The van der Waals surface area contributed by atoms with E-state index >= 15 is 0 Å². The average Bonchev–Trinajstić information content (AvgIpc) is 3.29. The fourth-order valence-electron chi connectivity index (χ4n) is 4.05. The number of unbranched alkanes of at least 4 members (excludes halogenated alkanes) is 2. The van der Waals surface area contributed by atoms with Crippen molar-refractivity contribution in [1.29, 1.82) is 0 Å². The number of methoxy groups -OCH3 is 1. The highest BCUT2D eigenvalue weighted by molar-refractivity contribution is 6.00. The predicted molar refractivity (Wildman–Crippen MR) is 113 cm³/mol. The van der Waals surface area contributed by atoms with Gasteiger partial charge in [-0.2, -0.15) is 5.10 Å². The molecule has 2 heterocycles. The van der Waals surface area contributed by atoms with Crippen LogP contribution in [0.25, 0.3) is 11.3 Å². The van der Waals surface area contributed by atoms with Crippen LogP contribution in [0.5, 0.6) is 17.2 Å². The second kappa shape index (κ2) is 8.10. The minimum atomic E-state index is -0.396. The number of ether oxygens (including phenoxy) is 1. The molecule has 2 aromatic carbocycles. The number of benzene rings is 2. The van der Waals surface area contributed by atoms with Gasteiger partial charge in [-0.15, -0.1) is 0 Å². The van der Waals surface area contributed by atoms with Crippen LogP contribution in [0.15, 0.2) is 42.5 Å². The number of carbonyl (C=O) groups is 1. The molecule has 1 amide bonds. The summed E-state index contributed by atoms with van der Waals surface area (Å²) in [5, 5.41) is 27.7. The van der Waals surface area contributed by atoms with E-state index in [0.717, 1.165) is 30.4 Å². The summed E-state index contributed by atoms with van der Waals surface area (Å²) >= 11 is 0. The van der Waals surface area contributed by atoms with Crippen LogP contribution in [0.4, 0.5) is 0 Å². The van der Waals surface area contributed by atoms with Gasteiger partial charge in [-0.1, -0.05) is 38.0 Å². The number of phenolic OH excluding ortho intramolecular Hbond substituents is 2. The summed E-state index contributed by atoms with van der Waals surface area (Å²) in [6.45, 7) is 2.72. The SMILES string of the molecule is CCCCCN1C(=O)c2[nH]nc(-c3ccccc3O)c2C1c1ccc(O)c(OC)c1. The molecule has 0 spiro atoms. The van der Waals surface area contributed by atoms with Crippen LogP contribution >= 0.6 is 0 Å². The average molecular weight is 407 g/mol. The molecule has 0 saturated carbocycles. The number of hydrogen-bond acceptors (Lipinski definition) is 5. The molecule has 7 nitrogen and oxygen atoms in total. The number of aromatic amines is 1. The van der Waals surface area contributed by atoms with Gasteiger partial charge in [-0.05, 0) is 36.2 Å². The topological polar surface area (TPSA) is 98.7 Å². The number of hydrogen-bond donors (Lipinski definition) is 3. The molecular formula is C23H25N3O4. The zero-order chi connectivity index (χ0) is 21.3. The first kappa shape index (κ1) is 19.8. The number of rotatable bonds is 7. The minimum absolute atomic E-state index is 0.0384. The second-order valence-corrected chi connectivity index (χ2v) is 7.42. The van der Waals surface area contributed by atoms with E-state index < -0.39 is 6.04 Å². The lowest BCUT2D eigenvalue weighted by Crippen LogP contribution is -2.30. The minimum Gasteiger partial charge on any atom is -0.507 e. The van der Waals surface area contributed by atoms with E-state index in [9.17, 15) is 15.0 Å². The van der Waals surface area contributed by atoms with E-state index in [1.807, 2.05) is 11.0 Å². The van der Waals surface area contributed by atoms with Crippen molar-refractivity contribution in [1.82, 2.24) is 15.1 Å². The van der Waals surface area contributed by atoms with Crippen LogP contribution in [0.2, 0.25) is 0 Å². The van der Waals surface area contributed by atoms with Gasteiger partial charge in [0.1, 0.15) is 17.1 Å². The first-order valence-electron chi connectivity index (χ1n) is 10.1. The molecule has 1 unspecified atom stereocenters. The summed E-state index contributed by atoms with van der Waals surface area (Å²) in [6.07, 6.45) is 2.96. The molecule has 0 bridgehead atoms. The third-order valence-corrected chi connectivity index (χ3v) is 5.55. The summed E-state index contributed by atoms with van der Waals surface area (Å²) in [5.74, 6) is 0.365. The lowest BCUT2D eigenvalue weighted by atomic mass is 9.95. The number of carbonyl (C=O) groups excluding carboxylic acids is 1. The number of fused-ring (bicyclic) bond motifs is 1. The van der Waals surface area contributed by atoms with Gasteiger partial charge < -0.3 is 19.8 Å². The van der Waals surface area contributed by atoms with E-state index in [2.05, 4.69) is 17.1 Å². The number of aromatic hydroxyl groups is 2. The summed E-state index contributed by atoms with van der Waals surface area (Å²) in [5.41, 5.74) is 3.08. The molecule has 0 saturated heterocycles. The molecule has 3 aromatic rings. The van der Waals surface area contributed by atoms with Crippen molar-refractivity contribution in [2.24, 2.45) is 0 Å². The van der Waals surface area contributed by atoms with Crippen molar-refractivity contribution in [3.8, 4) is 28.5 Å². The number of H-pyrrole nitrogens is 1. The van der Waals surface area contributed by atoms with Gasteiger partial charge in [-0.25, -0.2) is 0 Å². The van der Waals surface area contributed by atoms with Crippen LogP contribution in [0.1, 0.15) is 53.8 Å². The fraction of sp³-hybridized carbons (Fsp3) is 0.304. The molecule has 3 N–H and O–H groups in total. The lowest BCUT2D eigenvalue weighted by molar-refractivity contribution is 0.0740. The number of nitrogens with zero attached hydrogens (tertiary/aromatic N) is 2. The van der Waals surface area contributed by atoms with Crippen LogP contribution in [0, 0.1) is 0 Å². The monoisotopic (exact) mass is 407 g/mol. The maximum atomic E-state index is 13.2. The molecule has 0 radical (unpaired) electrons. The third-order valence-electron chi connectivity index (χ3n) is 5.55. The van der Waals surface area contributed by atoms with E-state index in [0.29, 0.717) is 29.2 Å². The number of para-hydroxylation sites is 1. The highest BCUT2D eigenvalue weighted by atomic mass is 16.5. The van der Waals surface area contributed by atoms with E-state index in [4.69, 9.17) is 4.74 Å². The van der Waals surface area contributed by atoms with E-state index in [1.165, 1.54) is 7.11 Å². The number of phenols is 2. The lowest BCUT2D eigenvalue weighted by Gasteiger charge is -2.27. The zero-order valence-electron chi connectivity index (χ0n) is 17.1. The zero-order valence-corrected chi connectivity index (χ0v) is 17.1. The largest absolute Gasteiger partial charge is 0.507 e. The van der Waals surface area contributed by atoms with Crippen LogP contribution in [-0.4, -0.2) is 44.9 Å². The normalized spacial score (nSPS) is 15.5. The Hall–Kier alpha value is -3.48. The van der Waals surface area contributed by atoms with Gasteiger partial charge in [0.05, 0.1) is 13.2 Å². The molecule has 0 fully saturated rings. The molecule has 1 aromatic heterocycles. The van der Waals surface area contributed by atoms with Gasteiger partial charge in [-0.3, -0.25) is 9.89 Å². The first-order valence-corrected chi connectivity index (χ1v) is 10.1. The van der Waals surface area contributed by atoms with Gasteiger partial charge in [0.15, 0.2) is 11.5 Å². The van der Waals surface area contributed by atoms with Gasteiger partial charge >= 0.3 is 0 Å². The van der Waals surface area contributed by atoms with Crippen molar-refractivity contribution < 1.29 is 19.7 Å². The van der Waals surface area contributed by atoms with E-state index in [1.54, 1.807) is 36.4 Å². The standard InChI is InChI=1S/C23H25N3O4/c1-3-4-7-12-26-22(14-10-11-17(28)18(13-14)30-2)19-20(24-25-21(19)23(26)29)15-8-5-6-9-16(15)27/h5-6,8-11,13,22,27-28H,3-4,7,12H2,1-2H3,(H,24,25). The van der Waals surface area contributed by atoms with Crippen LogP contribution < -0.4 is 4.74 Å². The maximum absolute atomic E-state index is 13.2. The Morgan fingerprint density at radius 2 is 1.93 bits per heavy atom. The second-order valence-electron chi connectivity index (χ2n) is 7.42. The molecular weight excluding hydrogens is 382 g/mol. The highest BCUT2D eigenvalue weighted by Gasteiger charge is 2.42. The molecule has 1 atom stereocenters. The Labute approximate surface area is 174 Å². The molecule has 1 aliphatic heterocycles. The summed E-state index contributed by atoms with van der Waals surface area (Å²) in [6, 6.07) is 11.7. The predicted octanol–water partition coefficient (Wildman–Crippen LogP) is 4.23. The Kier molecular flexibility index (Phi) is 5.35. The summed E-state index contributed by atoms with van der Waals surface area (Å²) in [4.78, 5) is 15.1. The number of nitrogens with one attached hydrogen (secondary N) is 1. The Morgan fingerprint density at radius 1 is 1.13 bits per heavy atom. The Balaban J connectivity index is 1.86. The molecule has 4 rings (SSSR count). The summed E-state index contributed by atoms with van der Waals surface area (Å²) < 4.78 is 5.29.